The van der Waals surface area contributed by atoms with E-state index in [-0.39, 0.29) is 23.6 Å². The van der Waals surface area contributed by atoms with Gasteiger partial charge in [-0.15, -0.1) is 0 Å². The van der Waals surface area contributed by atoms with Crippen LogP contribution in [0.25, 0.3) is 0 Å². The number of ketones is 1. The van der Waals surface area contributed by atoms with Crippen molar-refractivity contribution < 1.29 is 19.1 Å². The second kappa shape index (κ2) is 5.42. The number of nitrogens with one attached hydrogen (secondary N) is 1. The van der Waals surface area contributed by atoms with Crippen molar-refractivity contribution in [3.8, 4) is 0 Å². The summed E-state index contributed by atoms with van der Waals surface area (Å²) in [6, 6.07) is -0.238. The molecule has 3 aliphatic heterocycles. The van der Waals surface area contributed by atoms with Crippen molar-refractivity contribution >= 4 is 17.6 Å². The Kier molecular flexibility index (Phi) is 3.35. The number of fused-ring (bicyclic) bond motifs is 1. The number of likely N-dealkylation sites (tertiary alicyclic amines) is 1. The molecule has 4 heterocycles. The van der Waals surface area contributed by atoms with E-state index in [4.69, 9.17) is 4.74 Å². The van der Waals surface area contributed by atoms with Gasteiger partial charge in [-0.1, -0.05) is 0 Å². The van der Waals surface area contributed by atoms with Gasteiger partial charge < -0.3 is 19.5 Å². The molecule has 0 unspecified atom stereocenters. The van der Waals surface area contributed by atoms with Gasteiger partial charge in [0.05, 0.1) is 19.1 Å². The molecule has 7 nitrogen and oxygen atoms in total. The Hall–Kier alpha value is -2.15. The number of ether oxygens (including phenoxy) is 1. The lowest BCUT2D eigenvalue weighted by Crippen LogP contribution is -2.56. The number of aromatic amines is 1. The number of aromatic nitrogens is 1. The van der Waals surface area contributed by atoms with Gasteiger partial charge in [0.1, 0.15) is 5.69 Å². The number of nitrogens with zero attached hydrogens (tertiary/aromatic N) is 2. The summed E-state index contributed by atoms with van der Waals surface area (Å²) in [6.07, 6.45) is 4.01. The van der Waals surface area contributed by atoms with Gasteiger partial charge in [-0.25, -0.2) is 0 Å². The van der Waals surface area contributed by atoms with Crippen LogP contribution in [0.4, 0.5) is 0 Å². The zero-order valence-electron chi connectivity index (χ0n) is 15.0. The molecule has 3 saturated heterocycles. The molecule has 5 rings (SSSR count). The summed E-state index contributed by atoms with van der Waals surface area (Å²) >= 11 is 0. The van der Waals surface area contributed by atoms with E-state index in [0.717, 1.165) is 30.5 Å². The monoisotopic (exact) mass is 357 g/mol. The fraction of sp³-hybridized carbons (Fsp3) is 0.632. The lowest BCUT2D eigenvalue weighted by molar-refractivity contribution is -0.179. The highest BCUT2D eigenvalue weighted by Crippen LogP contribution is 2.45. The number of aryl methyl sites for hydroxylation is 1. The lowest BCUT2D eigenvalue weighted by Gasteiger charge is -2.42. The number of carbonyl (C=O) groups excluding carboxylic acids is 3. The average molecular weight is 357 g/mol. The van der Waals surface area contributed by atoms with Crippen LogP contribution in [0.15, 0.2) is 0 Å². The first kappa shape index (κ1) is 16.1. The van der Waals surface area contributed by atoms with E-state index in [1.54, 1.807) is 4.90 Å². The number of carbonyl (C=O) groups is 3. The molecule has 2 atom stereocenters. The van der Waals surface area contributed by atoms with Crippen LogP contribution in [-0.2, 0) is 16.0 Å². The van der Waals surface area contributed by atoms with Gasteiger partial charge in [0.25, 0.3) is 5.91 Å². The maximum absolute atomic E-state index is 13.3. The van der Waals surface area contributed by atoms with Crippen molar-refractivity contribution in [1.29, 1.82) is 0 Å². The van der Waals surface area contributed by atoms with Gasteiger partial charge in [0.2, 0.25) is 5.91 Å². The Bertz CT molecular complexity index is 829. The molecular formula is C19H23N3O4. The van der Waals surface area contributed by atoms with E-state index in [9.17, 15) is 14.4 Å². The summed E-state index contributed by atoms with van der Waals surface area (Å²) in [4.78, 5) is 44.9. The second-order valence-corrected chi connectivity index (χ2v) is 7.82. The average Bonchev–Trinajstić information content (AvgIpc) is 3.23. The van der Waals surface area contributed by atoms with E-state index >= 15 is 0 Å². The van der Waals surface area contributed by atoms with Gasteiger partial charge in [0, 0.05) is 37.2 Å². The molecule has 2 amide bonds. The van der Waals surface area contributed by atoms with E-state index in [1.165, 1.54) is 0 Å². The number of hydrogen-bond acceptors (Lipinski definition) is 4. The van der Waals surface area contributed by atoms with Crippen molar-refractivity contribution in [3.05, 3.63) is 22.5 Å². The Labute approximate surface area is 151 Å². The van der Waals surface area contributed by atoms with Crippen LogP contribution in [0, 0.1) is 6.92 Å². The van der Waals surface area contributed by atoms with E-state index < -0.39 is 5.72 Å². The van der Waals surface area contributed by atoms with Crippen molar-refractivity contribution in [2.75, 3.05) is 19.7 Å². The number of H-pyrrole nitrogens is 1. The topological polar surface area (TPSA) is 82.7 Å². The second-order valence-electron chi connectivity index (χ2n) is 7.82. The van der Waals surface area contributed by atoms with Gasteiger partial charge >= 0.3 is 0 Å². The Morgan fingerprint density at radius 2 is 2.08 bits per heavy atom. The molecule has 0 aromatic carbocycles. The molecule has 1 aromatic rings. The Balaban J connectivity index is 1.49. The van der Waals surface area contributed by atoms with E-state index in [1.807, 2.05) is 11.8 Å². The van der Waals surface area contributed by atoms with Crippen molar-refractivity contribution in [1.82, 2.24) is 14.8 Å². The summed E-state index contributed by atoms with van der Waals surface area (Å²) in [5, 5.41) is 0. The highest BCUT2D eigenvalue weighted by Gasteiger charge is 2.61. The smallest absolute Gasteiger partial charge is 0.271 e. The van der Waals surface area contributed by atoms with Crippen LogP contribution >= 0.6 is 0 Å². The fourth-order valence-electron chi connectivity index (χ4n) is 5.32. The SMILES string of the molecule is Cc1c(C(=O)N2CC[C@@]34OCCCN3C(=O)C[C@@H]24)[nH]c2c1C(=O)CCC2. The molecule has 1 N–H and O–H groups in total. The molecule has 0 saturated carbocycles. The van der Waals surface area contributed by atoms with Crippen LogP contribution in [0.3, 0.4) is 0 Å². The molecule has 1 aromatic heterocycles. The summed E-state index contributed by atoms with van der Waals surface area (Å²) < 4.78 is 6.08. The molecule has 4 aliphatic rings. The molecule has 1 aliphatic carbocycles. The highest BCUT2D eigenvalue weighted by atomic mass is 16.5. The molecule has 138 valence electrons. The normalized spacial score (nSPS) is 30.4. The molecule has 0 radical (unpaired) electrons. The maximum Gasteiger partial charge on any atom is 0.271 e. The maximum atomic E-state index is 13.3. The molecule has 3 fully saturated rings. The van der Waals surface area contributed by atoms with Crippen molar-refractivity contribution in [2.24, 2.45) is 0 Å². The van der Waals surface area contributed by atoms with Gasteiger partial charge in [-0.05, 0) is 31.7 Å². The van der Waals surface area contributed by atoms with E-state index in [2.05, 4.69) is 4.98 Å². The Morgan fingerprint density at radius 3 is 2.88 bits per heavy atom. The predicted molar refractivity (Wildman–Crippen MR) is 91.9 cm³/mol. The minimum atomic E-state index is -0.638. The first-order valence-corrected chi connectivity index (χ1v) is 9.53. The Morgan fingerprint density at radius 1 is 1.23 bits per heavy atom. The summed E-state index contributed by atoms with van der Waals surface area (Å²) in [5.74, 6) is 0.0788. The highest BCUT2D eigenvalue weighted by molar-refractivity contribution is 6.04. The van der Waals surface area contributed by atoms with Crippen LogP contribution in [0.5, 0.6) is 0 Å². The van der Waals surface area contributed by atoms with Gasteiger partial charge in [-0.2, -0.15) is 0 Å². The predicted octanol–water partition coefficient (Wildman–Crippen LogP) is 1.41. The summed E-state index contributed by atoms with van der Waals surface area (Å²) in [5.41, 5.74) is 2.20. The zero-order chi connectivity index (χ0) is 18.1. The third-order valence-electron chi connectivity index (χ3n) is 6.52. The lowest BCUT2D eigenvalue weighted by atomic mass is 9.93. The molecular weight excluding hydrogens is 334 g/mol. The third kappa shape index (κ3) is 1.95. The van der Waals surface area contributed by atoms with Gasteiger partial charge in [0.15, 0.2) is 11.5 Å². The number of rotatable bonds is 1. The number of amides is 2. The molecule has 1 spiro atoms. The van der Waals surface area contributed by atoms with Crippen molar-refractivity contribution in [2.45, 2.75) is 57.2 Å². The van der Waals surface area contributed by atoms with Gasteiger partial charge in [-0.3, -0.25) is 14.4 Å². The number of Topliss-reactive ketones (excluding diaryl/α,β-unsaturated/α-hetero) is 1. The standard InChI is InChI=1S/C19H23N3O4/c1-11-16-12(4-2-5-13(16)23)20-17(11)18(25)21-8-6-19-14(21)10-15(24)22(19)7-3-9-26-19/h14,20H,2-10H2,1H3/t14-,19+/m1/s1. The van der Waals surface area contributed by atoms with Crippen LogP contribution in [-0.4, -0.2) is 63.8 Å². The molecule has 7 heteroatoms. The third-order valence-corrected chi connectivity index (χ3v) is 6.52. The first-order valence-electron chi connectivity index (χ1n) is 9.53. The minimum absolute atomic E-state index is 0.0740. The zero-order valence-corrected chi connectivity index (χ0v) is 15.0. The molecule has 0 bridgehead atoms. The van der Waals surface area contributed by atoms with E-state index in [0.29, 0.717) is 50.2 Å². The van der Waals surface area contributed by atoms with Crippen LogP contribution in [0.2, 0.25) is 0 Å². The first-order chi connectivity index (χ1) is 12.5. The summed E-state index contributed by atoms with van der Waals surface area (Å²) in [7, 11) is 0. The molecule has 26 heavy (non-hydrogen) atoms. The quantitative estimate of drug-likeness (QED) is 0.824. The minimum Gasteiger partial charge on any atom is -0.354 e. The largest absolute Gasteiger partial charge is 0.354 e. The number of hydrogen-bond donors (Lipinski definition) is 1. The van der Waals surface area contributed by atoms with Crippen molar-refractivity contribution in [3.63, 3.8) is 0 Å². The van der Waals surface area contributed by atoms with Crippen LogP contribution in [0.1, 0.15) is 64.2 Å². The van der Waals surface area contributed by atoms with Crippen LogP contribution < -0.4 is 0 Å². The summed E-state index contributed by atoms with van der Waals surface area (Å²) in [6.45, 7) is 3.76. The fourth-order valence-corrected chi connectivity index (χ4v) is 5.32.